The average Bonchev–Trinajstić information content (AvgIpc) is 2.66. The van der Waals surface area contributed by atoms with Crippen LogP contribution in [0.25, 0.3) is 0 Å². The summed E-state index contributed by atoms with van der Waals surface area (Å²) in [6, 6.07) is 7.16. The third-order valence-corrected chi connectivity index (χ3v) is 3.27. The highest BCUT2D eigenvalue weighted by Crippen LogP contribution is 2.29. The van der Waals surface area contributed by atoms with E-state index < -0.39 is 0 Å². The lowest BCUT2D eigenvalue weighted by atomic mass is 9.97. The predicted molar refractivity (Wildman–Crippen MR) is 74.8 cm³/mol. The van der Waals surface area contributed by atoms with E-state index in [4.69, 9.17) is 4.42 Å². The first-order valence-electron chi connectivity index (χ1n) is 6.59. The van der Waals surface area contributed by atoms with E-state index in [9.17, 15) is 4.39 Å². The summed E-state index contributed by atoms with van der Waals surface area (Å²) in [5.41, 5.74) is 2.59. The van der Waals surface area contributed by atoms with Crippen LogP contribution in [0.3, 0.4) is 0 Å². The zero-order chi connectivity index (χ0) is 14.0. The summed E-state index contributed by atoms with van der Waals surface area (Å²) in [6.45, 7) is 8.50. The molecular formula is C16H20FNO. The molecule has 0 aliphatic heterocycles. The number of hydrogen-bond acceptors (Lipinski definition) is 2. The highest BCUT2D eigenvalue weighted by Gasteiger charge is 2.21. The maximum atomic E-state index is 14.2. The maximum Gasteiger partial charge on any atom is 0.128 e. The van der Waals surface area contributed by atoms with Crippen LogP contribution in [0.5, 0.6) is 0 Å². The van der Waals surface area contributed by atoms with Crippen molar-refractivity contribution >= 4 is 0 Å². The molecule has 0 amide bonds. The van der Waals surface area contributed by atoms with E-state index in [1.165, 1.54) is 0 Å². The molecule has 0 saturated heterocycles. The first-order valence-corrected chi connectivity index (χ1v) is 6.59. The Kier molecular flexibility index (Phi) is 4.05. The van der Waals surface area contributed by atoms with Crippen LogP contribution in [0.1, 0.15) is 41.2 Å². The van der Waals surface area contributed by atoms with Crippen LogP contribution in [0, 0.1) is 26.6 Å². The summed E-state index contributed by atoms with van der Waals surface area (Å²) < 4.78 is 19.7. The van der Waals surface area contributed by atoms with Crippen molar-refractivity contribution in [2.24, 2.45) is 0 Å². The Morgan fingerprint density at radius 3 is 2.42 bits per heavy atom. The molecule has 1 N–H and O–H groups in total. The van der Waals surface area contributed by atoms with Gasteiger partial charge in [-0.05, 0) is 45.0 Å². The van der Waals surface area contributed by atoms with Crippen molar-refractivity contribution in [3.63, 3.8) is 0 Å². The molecule has 0 bridgehead atoms. The van der Waals surface area contributed by atoms with E-state index in [0.29, 0.717) is 5.56 Å². The van der Waals surface area contributed by atoms with Gasteiger partial charge in [-0.1, -0.05) is 19.1 Å². The lowest BCUT2D eigenvalue weighted by Gasteiger charge is -2.19. The largest absolute Gasteiger partial charge is 0.466 e. The second-order valence-electron chi connectivity index (χ2n) is 4.88. The Bertz CT molecular complexity index is 574. The van der Waals surface area contributed by atoms with Crippen LogP contribution < -0.4 is 5.32 Å². The molecule has 3 heteroatoms. The van der Waals surface area contributed by atoms with Crippen molar-refractivity contribution in [1.29, 1.82) is 0 Å². The fraction of sp³-hybridized carbons (Fsp3) is 0.375. The average molecular weight is 261 g/mol. The van der Waals surface area contributed by atoms with Gasteiger partial charge in [0.2, 0.25) is 0 Å². The van der Waals surface area contributed by atoms with Crippen LogP contribution in [0.2, 0.25) is 0 Å². The van der Waals surface area contributed by atoms with Crippen molar-refractivity contribution < 1.29 is 8.81 Å². The third kappa shape index (κ3) is 2.87. The van der Waals surface area contributed by atoms with E-state index in [0.717, 1.165) is 29.2 Å². The van der Waals surface area contributed by atoms with Crippen LogP contribution in [-0.2, 0) is 0 Å². The maximum absolute atomic E-state index is 14.2. The Hall–Kier alpha value is -1.61. The molecule has 1 atom stereocenters. The molecule has 2 nitrogen and oxygen atoms in total. The number of benzene rings is 1. The molecule has 1 heterocycles. The fourth-order valence-corrected chi connectivity index (χ4v) is 2.39. The summed E-state index contributed by atoms with van der Waals surface area (Å²) in [6.07, 6.45) is 0. The fourth-order valence-electron chi connectivity index (χ4n) is 2.39. The molecule has 1 aromatic heterocycles. The molecule has 2 rings (SSSR count). The lowest BCUT2D eigenvalue weighted by Crippen LogP contribution is -2.23. The minimum Gasteiger partial charge on any atom is -0.466 e. The second-order valence-corrected chi connectivity index (χ2v) is 4.88. The molecule has 0 spiro atoms. The number of aryl methyl sites for hydroxylation is 3. The smallest absolute Gasteiger partial charge is 0.128 e. The van der Waals surface area contributed by atoms with Crippen LogP contribution >= 0.6 is 0 Å². The Labute approximate surface area is 113 Å². The predicted octanol–water partition coefficient (Wildman–Crippen LogP) is 4.04. The van der Waals surface area contributed by atoms with Gasteiger partial charge < -0.3 is 9.73 Å². The Balaban J connectivity index is 2.48. The number of hydrogen-bond donors (Lipinski definition) is 1. The van der Waals surface area contributed by atoms with Gasteiger partial charge in [-0.3, -0.25) is 0 Å². The van der Waals surface area contributed by atoms with Crippen molar-refractivity contribution in [2.45, 2.75) is 33.7 Å². The Morgan fingerprint density at radius 2 is 1.89 bits per heavy atom. The highest BCUT2D eigenvalue weighted by molar-refractivity contribution is 5.36. The van der Waals surface area contributed by atoms with Gasteiger partial charge in [0, 0.05) is 11.1 Å². The summed E-state index contributed by atoms with van der Waals surface area (Å²) in [4.78, 5) is 0. The highest BCUT2D eigenvalue weighted by atomic mass is 19.1. The molecule has 0 saturated carbocycles. The summed E-state index contributed by atoms with van der Waals surface area (Å²) in [5, 5.41) is 3.33. The van der Waals surface area contributed by atoms with Gasteiger partial charge in [-0.25, -0.2) is 4.39 Å². The molecule has 0 fully saturated rings. The van der Waals surface area contributed by atoms with Gasteiger partial charge in [0.25, 0.3) is 0 Å². The molecule has 1 aromatic carbocycles. The van der Waals surface area contributed by atoms with E-state index in [1.807, 2.05) is 45.9 Å². The van der Waals surface area contributed by atoms with E-state index in [2.05, 4.69) is 5.32 Å². The zero-order valence-electron chi connectivity index (χ0n) is 11.9. The second kappa shape index (κ2) is 5.57. The molecule has 0 radical (unpaired) electrons. The topological polar surface area (TPSA) is 25.2 Å². The van der Waals surface area contributed by atoms with Crippen molar-refractivity contribution in [3.05, 3.63) is 58.3 Å². The summed E-state index contributed by atoms with van der Waals surface area (Å²) in [7, 11) is 0. The Morgan fingerprint density at radius 1 is 1.16 bits per heavy atom. The molecule has 2 aromatic rings. The van der Waals surface area contributed by atoms with Gasteiger partial charge in [0.1, 0.15) is 17.3 Å². The number of furan rings is 1. The third-order valence-electron chi connectivity index (χ3n) is 3.27. The first-order chi connectivity index (χ1) is 9.02. The quantitative estimate of drug-likeness (QED) is 0.898. The van der Waals surface area contributed by atoms with Gasteiger partial charge in [0.15, 0.2) is 0 Å². The van der Waals surface area contributed by atoms with Gasteiger partial charge in [-0.15, -0.1) is 0 Å². The van der Waals surface area contributed by atoms with Crippen molar-refractivity contribution in [1.82, 2.24) is 5.32 Å². The first kappa shape index (κ1) is 13.8. The van der Waals surface area contributed by atoms with E-state index in [1.54, 1.807) is 6.07 Å². The molecule has 0 aliphatic carbocycles. The standard InChI is InChI=1S/C16H20FNO/c1-5-18-16(14-9-11(3)19-12(14)4)13-7-6-10(2)8-15(13)17/h6-9,16,18H,5H2,1-4H3. The zero-order valence-corrected chi connectivity index (χ0v) is 11.9. The number of nitrogens with one attached hydrogen (secondary N) is 1. The lowest BCUT2D eigenvalue weighted by molar-refractivity contribution is 0.492. The van der Waals surface area contributed by atoms with Gasteiger partial charge >= 0.3 is 0 Å². The van der Waals surface area contributed by atoms with Gasteiger partial charge in [-0.2, -0.15) is 0 Å². The molecule has 102 valence electrons. The molecular weight excluding hydrogens is 241 g/mol. The van der Waals surface area contributed by atoms with E-state index in [-0.39, 0.29) is 11.9 Å². The molecule has 1 unspecified atom stereocenters. The SMILES string of the molecule is CCNC(c1ccc(C)cc1F)c1cc(C)oc1C. The summed E-state index contributed by atoms with van der Waals surface area (Å²) >= 11 is 0. The van der Waals surface area contributed by atoms with Crippen LogP contribution in [0.15, 0.2) is 28.7 Å². The molecule has 0 aliphatic rings. The van der Waals surface area contributed by atoms with Gasteiger partial charge in [0.05, 0.1) is 6.04 Å². The van der Waals surface area contributed by atoms with Crippen LogP contribution in [-0.4, -0.2) is 6.54 Å². The van der Waals surface area contributed by atoms with Crippen LogP contribution in [0.4, 0.5) is 4.39 Å². The van der Waals surface area contributed by atoms with Crippen molar-refractivity contribution in [3.8, 4) is 0 Å². The van der Waals surface area contributed by atoms with E-state index >= 15 is 0 Å². The molecule has 19 heavy (non-hydrogen) atoms. The monoisotopic (exact) mass is 261 g/mol. The minimum absolute atomic E-state index is 0.164. The number of halogens is 1. The minimum atomic E-state index is -0.177. The summed E-state index contributed by atoms with van der Waals surface area (Å²) in [5.74, 6) is 1.51. The number of rotatable bonds is 4. The normalized spacial score (nSPS) is 12.7. The van der Waals surface area contributed by atoms with Crippen molar-refractivity contribution in [2.75, 3.05) is 6.54 Å².